The summed E-state index contributed by atoms with van der Waals surface area (Å²) >= 11 is 0. The van der Waals surface area contributed by atoms with Crippen molar-refractivity contribution >= 4 is 28.7 Å². The standard InChI is InChI=1S/C28H30N6O3/c1-19(35)29-14-15-30-26-23-18-24(31-27(23)33-25(32-26)20-8-4-2-5-9-20)28(36)34-16-12-22(13-17-34)37-21-10-6-3-7-11-21/h2-11,18,22H,12-17H2,1H3,(H,29,35)(H2,30,31,32,33). The van der Waals surface area contributed by atoms with Crippen LogP contribution < -0.4 is 15.4 Å². The van der Waals surface area contributed by atoms with Crippen molar-refractivity contribution in [2.75, 3.05) is 31.5 Å². The van der Waals surface area contributed by atoms with E-state index >= 15 is 0 Å². The molecular formula is C28H30N6O3. The summed E-state index contributed by atoms with van der Waals surface area (Å²) in [6.45, 7) is 3.67. The Morgan fingerprint density at radius 2 is 1.70 bits per heavy atom. The fraction of sp³-hybridized carbons (Fsp3) is 0.286. The van der Waals surface area contributed by atoms with Gasteiger partial charge in [0.05, 0.1) is 5.39 Å². The number of carbonyl (C=O) groups excluding carboxylic acids is 2. The molecule has 0 radical (unpaired) electrons. The lowest BCUT2D eigenvalue weighted by atomic mass is 10.1. The highest BCUT2D eigenvalue weighted by Gasteiger charge is 2.26. The van der Waals surface area contributed by atoms with Crippen LogP contribution >= 0.6 is 0 Å². The molecule has 0 bridgehead atoms. The lowest BCUT2D eigenvalue weighted by Crippen LogP contribution is -2.41. The molecule has 4 aromatic rings. The molecular weight excluding hydrogens is 468 g/mol. The molecule has 5 rings (SSSR count). The van der Waals surface area contributed by atoms with Gasteiger partial charge in [-0.3, -0.25) is 9.59 Å². The highest BCUT2D eigenvalue weighted by atomic mass is 16.5. The first-order valence-corrected chi connectivity index (χ1v) is 12.5. The molecule has 2 amide bonds. The predicted octanol–water partition coefficient (Wildman–Crippen LogP) is 3.86. The van der Waals surface area contributed by atoms with Crippen molar-refractivity contribution in [3.05, 3.63) is 72.4 Å². The zero-order chi connectivity index (χ0) is 25.6. The highest BCUT2D eigenvalue weighted by molar-refractivity contribution is 6.00. The van der Waals surface area contributed by atoms with E-state index in [1.165, 1.54) is 6.92 Å². The van der Waals surface area contributed by atoms with Crippen molar-refractivity contribution in [2.45, 2.75) is 25.9 Å². The van der Waals surface area contributed by atoms with Gasteiger partial charge in [0, 0.05) is 51.5 Å². The Balaban J connectivity index is 1.33. The zero-order valence-corrected chi connectivity index (χ0v) is 20.7. The van der Waals surface area contributed by atoms with Crippen LogP contribution in [0.5, 0.6) is 5.75 Å². The van der Waals surface area contributed by atoms with Gasteiger partial charge < -0.3 is 25.3 Å². The number of ether oxygens (including phenoxy) is 1. The van der Waals surface area contributed by atoms with Crippen molar-refractivity contribution in [2.24, 2.45) is 0 Å². The molecule has 0 spiro atoms. The number of aromatic amines is 1. The van der Waals surface area contributed by atoms with E-state index in [9.17, 15) is 9.59 Å². The number of hydrogen-bond acceptors (Lipinski definition) is 6. The number of carbonyl (C=O) groups is 2. The summed E-state index contributed by atoms with van der Waals surface area (Å²) in [5.74, 6) is 1.86. The molecule has 0 saturated carbocycles. The molecule has 2 aromatic heterocycles. The van der Waals surface area contributed by atoms with Gasteiger partial charge >= 0.3 is 0 Å². The number of aromatic nitrogens is 3. The highest BCUT2D eigenvalue weighted by Crippen LogP contribution is 2.27. The Morgan fingerprint density at radius 1 is 1.00 bits per heavy atom. The van der Waals surface area contributed by atoms with Gasteiger partial charge in [-0.25, -0.2) is 9.97 Å². The van der Waals surface area contributed by atoms with Gasteiger partial charge in [-0.05, 0) is 18.2 Å². The maximum atomic E-state index is 13.4. The number of fused-ring (bicyclic) bond motifs is 1. The number of H-pyrrole nitrogens is 1. The lowest BCUT2D eigenvalue weighted by Gasteiger charge is -2.32. The third-order valence-corrected chi connectivity index (χ3v) is 6.32. The molecule has 0 atom stereocenters. The van der Waals surface area contributed by atoms with Crippen molar-refractivity contribution in [1.29, 1.82) is 0 Å². The van der Waals surface area contributed by atoms with Crippen molar-refractivity contribution in [3.8, 4) is 17.1 Å². The Labute approximate surface area is 215 Å². The molecule has 1 fully saturated rings. The molecule has 0 aliphatic carbocycles. The number of para-hydroxylation sites is 1. The first kappa shape index (κ1) is 24.3. The van der Waals surface area contributed by atoms with Gasteiger partial charge in [0.2, 0.25) is 5.91 Å². The average molecular weight is 499 g/mol. The monoisotopic (exact) mass is 498 g/mol. The molecule has 190 valence electrons. The van der Waals surface area contributed by atoms with Crippen LogP contribution in [0.15, 0.2) is 66.7 Å². The molecule has 37 heavy (non-hydrogen) atoms. The average Bonchev–Trinajstić information content (AvgIpc) is 3.36. The van der Waals surface area contributed by atoms with E-state index in [4.69, 9.17) is 14.7 Å². The van der Waals surface area contributed by atoms with Crippen molar-refractivity contribution < 1.29 is 14.3 Å². The number of anilines is 1. The van der Waals surface area contributed by atoms with Gasteiger partial charge in [-0.15, -0.1) is 0 Å². The molecule has 0 unspecified atom stereocenters. The number of piperidine rings is 1. The third-order valence-electron chi connectivity index (χ3n) is 6.32. The Bertz CT molecular complexity index is 1360. The summed E-state index contributed by atoms with van der Waals surface area (Å²) in [6.07, 6.45) is 1.64. The molecule has 2 aromatic carbocycles. The smallest absolute Gasteiger partial charge is 0.270 e. The van der Waals surface area contributed by atoms with Crippen LogP contribution in [0.25, 0.3) is 22.4 Å². The minimum Gasteiger partial charge on any atom is -0.490 e. The maximum absolute atomic E-state index is 13.4. The summed E-state index contributed by atoms with van der Waals surface area (Å²) in [4.78, 5) is 39.1. The Hall–Kier alpha value is -4.40. The van der Waals surface area contributed by atoms with Gasteiger partial charge in [0.25, 0.3) is 5.91 Å². The van der Waals surface area contributed by atoms with Gasteiger partial charge in [0.1, 0.15) is 29.0 Å². The number of likely N-dealkylation sites (tertiary alicyclic amines) is 1. The molecule has 1 aliphatic heterocycles. The zero-order valence-electron chi connectivity index (χ0n) is 20.7. The molecule has 3 N–H and O–H groups in total. The van der Waals surface area contributed by atoms with Crippen LogP contribution in [0.2, 0.25) is 0 Å². The van der Waals surface area contributed by atoms with Gasteiger partial charge in [0.15, 0.2) is 5.82 Å². The third kappa shape index (κ3) is 5.88. The molecule has 1 saturated heterocycles. The van der Waals surface area contributed by atoms with E-state index < -0.39 is 0 Å². The summed E-state index contributed by atoms with van der Waals surface area (Å²) in [6, 6.07) is 21.3. The predicted molar refractivity (Wildman–Crippen MR) is 142 cm³/mol. The summed E-state index contributed by atoms with van der Waals surface area (Å²) < 4.78 is 6.07. The van der Waals surface area contributed by atoms with Crippen molar-refractivity contribution in [1.82, 2.24) is 25.2 Å². The SMILES string of the molecule is CC(=O)NCCNc1nc(-c2ccccc2)nc2[nH]c(C(=O)N3CCC(Oc4ccccc4)CC3)cc12. The van der Waals surface area contributed by atoms with E-state index in [0.29, 0.717) is 49.2 Å². The topological polar surface area (TPSA) is 112 Å². The largest absolute Gasteiger partial charge is 0.490 e. The minimum absolute atomic E-state index is 0.0679. The first-order chi connectivity index (χ1) is 18.1. The number of hydrogen-bond donors (Lipinski definition) is 3. The fourth-order valence-electron chi connectivity index (χ4n) is 4.43. The second kappa shape index (κ2) is 11.1. The lowest BCUT2D eigenvalue weighted by molar-refractivity contribution is -0.118. The molecule has 9 nitrogen and oxygen atoms in total. The van der Waals surface area contributed by atoms with Crippen molar-refractivity contribution in [3.63, 3.8) is 0 Å². The Morgan fingerprint density at radius 3 is 2.41 bits per heavy atom. The summed E-state index contributed by atoms with van der Waals surface area (Å²) in [7, 11) is 0. The fourth-order valence-corrected chi connectivity index (χ4v) is 4.43. The summed E-state index contributed by atoms with van der Waals surface area (Å²) in [5.41, 5.74) is 1.93. The molecule has 1 aliphatic rings. The van der Waals surface area contributed by atoms with Crippen LogP contribution in [0.4, 0.5) is 5.82 Å². The number of rotatable bonds is 8. The number of nitrogens with zero attached hydrogens (tertiary/aromatic N) is 3. The minimum atomic E-state index is -0.0907. The van der Waals surface area contributed by atoms with E-state index in [1.807, 2.05) is 65.6 Å². The van der Waals surface area contributed by atoms with E-state index in [0.717, 1.165) is 29.5 Å². The van der Waals surface area contributed by atoms with Crippen LogP contribution in [0.3, 0.4) is 0 Å². The molecule has 9 heteroatoms. The number of benzene rings is 2. The van der Waals surface area contributed by atoms with Gasteiger partial charge in [-0.1, -0.05) is 48.5 Å². The Kier molecular flexibility index (Phi) is 7.30. The van der Waals surface area contributed by atoms with Crippen LogP contribution in [-0.2, 0) is 4.79 Å². The normalized spacial score (nSPS) is 13.9. The van der Waals surface area contributed by atoms with E-state index in [1.54, 1.807) is 6.07 Å². The maximum Gasteiger partial charge on any atom is 0.270 e. The molecule has 3 heterocycles. The second-order valence-corrected chi connectivity index (χ2v) is 9.04. The summed E-state index contributed by atoms with van der Waals surface area (Å²) in [5, 5.41) is 6.79. The van der Waals surface area contributed by atoms with Crippen LogP contribution in [-0.4, -0.2) is 63.9 Å². The number of amides is 2. The van der Waals surface area contributed by atoms with Gasteiger partial charge in [-0.2, -0.15) is 0 Å². The van der Waals surface area contributed by atoms with E-state index in [2.05, 4.69) is 15.6 Å². The van der Waals surface area contributed by atoms with Crippen LogP contribution in [0.1, 0.15) is 30.3 Å². The quantitative estimate of drug-likeness (QED) is 0.318. The number of nitrogens with one attached hydrogen (secondary N) is 3. The van der Waals surface area contributed by atoms with E-state index in [-0.39, 0.29) is 17.9 Å². The second-order valence-electron chi connectivity index (χ2n) is 9.04. The first-order valence-electron chi connectivity index (χ1n) is 12.5. The van der Waals surface area contributed by atoms with Crippen LogP contribution in [0, 0.1) is 0 Å².